The summed E-state index contributed by atoms with van der Waals surface area (Å²) in [6.07, 6.45) is 10.3. The predicted octanol–water partition coefficient (Wildman–Crippen LogP) is 6.56. The zero-order chi connectivity index (χ0) is 31.8. The van der Waals surface area contributed by atoms with Crippen molar-refractivity contribution in [2.75, 3.05) is 25.9 Å². The highest BCUT2D eigenvalue weighted by atomic mass is 32.1. The number of piperidine rings is 1. The summed E-state index contributed by atoms with van der Waals surface area (Å²) in [4.78, 5) is 24.9. The van der Waals surface area contributed by atoms with Gasteiger partial charge in [0.1, 0.15) is 28.4 Å². The standard InChI is InChI=1S/C26H24F2N4OS.C8H8N2O/c1-29-16-21-13-20-12-19(14-22(24(20)33-21)17-4-8-30-9-5-17)23-3-2-18(15-31-23)25(34)32-10-6-26(27,28)7-11-32;9-8-4-3-7(6-10-8)2-1-5-11/h2-5,8-9,12-15,29H,6-7,10-11,16H2,1H3;1-6H,(H2,9,10)/b;2-1+. The van der Waals surface area contributed by atoms with Gasteiger partial charge in [-0.1, -0.05) is 18.3 Å². The molecule has 6 rings (SSSR count). The quantitative estimate of drug-likeness (QED) is 0.118. The van der Waals surface area contributed by atoms with Crippen molar-refractivity contribution in [1.29, 1.82) is 0 Å². The van der Waals surface area contributed by atoms with E-state index in [2.05, 4.69) is 32.4 Å². The van der Waals surface area contributed by atoms with E-state index in [9.17, 15) is 13.6 Å². The van der Waals surface area contributed by atoms with Crippen LogP contribution in [0.25, 0.3) is 39.4 Å². The Balaban J connectivity index is 0.000000309. The monoisotopic (exact) mass is 626 g/mol. The lowest BCUT2D eigenvalue weighted by Crippen LogP contribution is -2.42. The fourth-order valence-electron chi connectivity index (χ4n) is 4.94. The lowest BCUT2D eigenvalue weighted by Gasteiger charge is -2.33. The highest BCUT2D eigenvalue weighted by Crippen LogP contribution is 2.35. The summed E-state index contributed by atoms with van der Waals surface area (Å²) in [5.74, 6) is -1.27. The third kappa shape index (κ3) is 8.00. The van der Waals surface area contributed by atoms with Gasteiger partial charge in [-0.2, -0.15) is 0 Å². The number of aromatic nitrogens is 3. The average Bonchev–Trinajstić information content (AvgIpc) is 3.47. The van der Waals surface area contributed by atoms with E-state index in [0.29, 0.717) is 17.4 Å². The number of thiocarbonyl (C=S) groups is 1. The van der Waals surface area contributed by atoms with Crippen LogP contribution in [-0.2, 0) is 11.3 Å². The van der Waals surface area contributed by atoms with Gasteiger partial charge in [-0.05, 0) is 78.8 Å². The number of halogens is 2. The minimum Gasteiger partial charge on any atom is -0.459 e. The first-order chi connectivity index (χ1) is 21.8. The Morgan fingerprint density at radius 3 is 2.47 bits per heavy atom. The van der Waals surface area contributed by atoms with E-state index in [1.807, 2.05) is 42.3 Å². The number of benzene rings is 1. The third-order valence-corrected chi connectivity index (χ3v) is 7.77. The number of nitrogens with zero attached hydrogens (tertiary/aromatic N) is 4. The summed E-state index contributed by atoms with van der Waals surface area (Å²) >= 11 is 5.57. The molecule has 1 aliphatic heterocycles. The summed E-state index contributed by atoms with van der Waals surface area (Å²) in [5.41, 5.74) is 11.5. The van der Waals surface area contributed by atoms with E-state index in [-0.39, 0.29) is 25.9 Å². The topological polar surface area (TPSA) is 110 Å². The highest BCUT2D eigenvalue weighted by Gasteiger charge is 2.34. The molecule has 1 saturated heterocycles. The number of nitrogen functional groups attached to an aromatic ring is 1. The van der Waals surface area contributed by atoms with Crippen LogP contribution in [0.1, 0.15) is 29.7 Å². The zero-order valence-electron chi connectivity index (χ0n) is 24.6. The SMILES string of the molecule is CNCc1cc2cc(-c3ccc(C(=S)N4CCC(F)(F)CC4)cn3)cc(-c3ccncc3)c2o1.Nc1ccc(/C=C/C=O)cn1. The fraction of sp³-hybridized carbons (Fsp3) is 0.206. The normalized spacial score (nSPS) is 14.2. The molecule has 0 amide bonds. The molecule has 0 aliphatic carbocycles. The Morgan fingerprint density at radius 2 is 1.82 bits per heavy atom. The first kappa shape index (κ1) is 31.6. The molecule has 0 radical (unpaired) electrons. The van der Waals surface area contributed by atoms with Crippen molar-refractivity contribution in [3.8, 4) is 22.4 Å². The predicted molar refractivity (Wildman–Crippen MR) is 177 cm³/mol. The van der Waals surface area contributed by atoms with Crippen molar-refractivity contribution in [3.63, 3.8) is 0 Å². The van der Waals surface area contributed by atoms with E-state index >= 15 is 0 Å². The molecule has 1 aliphatic rings. The van der Waals surface area contributed by atoms with Gasteiger partial charge in [0.05, 0.1) is 12.2 Å². The number of pyridine rings is 3. The maximum atomic E-state index is 13.5. The Labute approximate surface area is 265 Å². The lowest BCUT2D eigenvalue weighted by molar-refractivity contribution is -0.104. The fourth-order valence-corrected chi connectivity index (χ4v) is 5.24. The van der Waals surface area contributed by atoms with Crippen molar-refractivity contribution in [3.05, 3.63) is 102 Å². The van der Waals surface area contributed by atoms with Gasteiger partial charge in [0.25, 0.3) is 5.92 Å². The van der Waals surface area contributed by atoms with Crippen LogP contribution in [0, 0.1) is 0 Å². The molecule has 45 heavy (non-hydrogen) atoms. The molecule has 4 aromatic heterocycles. The number of aldehydes is 1. The molecule has 230 valence electrons. The largest absolute Gasteiger partial charge is 0.459 e. The van der Waals surface area contributed by atoms with Gasteiger partial charge in [0.2, 0.25) is 0 Å². The summed E-state index contributed by atoms with van der Waals surface area (Å²) in [6.45, 7) is 1.15. The molecule has 11 heteroatoms. The maximum absolute atomic E-state index is 13.5. The number of carbonyl (C=O) groups excluding carboxylic acids is 1. The van der Waals surface area contributed by atoms with Crippen LogP contribution < -0.4 is 11.1 Å². The summed E-state index contributed by atoms with van der Waals surface area (Å²) in [5, 5.41) is 4.12. The number of alkyl halides is 2. The van der Waals surface area contributed by atoms with Crippen LogP contribution in [0.2, 0.25) is 0 Å². The molecule has 0 atom stereocenters. The summed E-state index contributed by atoms with van der Waals surface area (Å²) in [7, 11) is 1.88. The summed E-state index contributed by atoms with van der Waals surface area (Å²) in [6, 6.07) is 17.4. The Morgan fingerprint density at radius 1 is 1.04 bits per heavy atom. The van der Waals surface area contributed by atoms with E-state index in [0.717, 1.165) is 56.5 Å². The number of rotatable bonds is 7. The maximum Gasteiger partial charge on any atom is 0.251 e. The van der Waals surface area contributed by atoms with Gasteiger partial charge < -0.3 is 20.4 Å². The number of carbonyl (C=O) groups is 1. The molecule has 0 saturated carbocycles. The third-order valence-electron chi connectivity index (χ3n) is 7.27. The smallest absolute Gasteiger partial charge is 0.251 e. The number of hydrogen-bond acceptors (Lipinski definition) is 8. The minimum absolute atomic E-state index is 0.170. The first-order valence-corrected chi connectivity index (χ1v) is 14.8. The Kier molecular flexibility index (Phi) is 10.0. The van der Waals surface area contributed by atoms with E-state index in [1.165, 1.54) is 6.08 Å². The van der Waals surface area contributed by atoms with Crippen molar-refractivity contribution in [2.45, 2.75) is 25.3 Å². The number of anilines is 1. The van der Waals surface area contributed by atoms with Crippen LogP contribution in [-0.4, -0.2) is 57.2 Å². The number of hydrogen-bond donors (Lipinski definition) is 2. The van der Waals surface area contributed by atoms with E-state index in [1.54, 1.807) is 43.0 Å². The van der Waals surface area contributed by atoms with Crippen LogP contribution in [0.4, 0.5) is 14.6 Å². The second kappa shape index (κ2) is 14.3. The number of nitrogens with two attached hydrogens (primary N) is 1. The van der Waals surface area contributed by atoms with Gasteiger partial charge >= 0.3 is 0 Å². The molecule has 0 unspecified atom stereocenters. The van der Waals surface area contributed by atoms with Crippen LogP contribution in [0.15, 0.2) is 89.9 Å². The van der Waals surface area contributed by atoms with E-state index in [4.69, 9.17) is 22.4 Å². The molecule has 1 fully saturated rings. The molecule has 0 bridgehead atoms. The summed E-state index contributed by atoms with van der Waals surface area (Å²) < 4.78 is 33.1. The van der Waals surface area contributed by atoms with Crippen LogP contribution >= 0.6 is 12.2 Å². The molecular formula is C34H32F2N6O2S. The van der Waals surface area contributed by atoms with Crippen molar-refractivity contribution in [2.24, 2.45) is 0 Å². The molecule has 8 nitrogen and oxygen atoms in total. The van der Waals surface area contributed by atoms with Gasteiger partial charge in [-0.3, -0.25) is 14.8 Å². The minimum atomic E-state index is -2.60. The number of allylic oxidation sites excluding steroid dienone is 1. The number of fused-ring (bicyclic) bond motifs is 1. The van der Waals surface area contributed by atoms with Gasteiger partial charge in [0.15, 0.2) is 0 Å². The highest BCUT2D eigenvalue weighted by molar-refractivity contribution is 7.80. The van der Waals surface area contributed by atoms with Gasteiger partial charge in [-0.15, -0.1) is 0 Å². The molecule has 5 heterocycles. The zero-order valence-corrected chi connectivity index (χ0v) is 25.4. The van der Waals surface area contributed by atoms with Crippen molar-refractivity contribution in [1.82, 2.24) is 25.2 Å². The van der Waals surface area contributed by atoms with Crippen molar-refractivity contribution >= 4 is 46.4 Å². The van der Waals surface area contributed by atoms with Gasteiger partial charge in [0, 0.05) is 72.8 Å². The Hall–Kier alpha value is -4.87. The first-order valence-electron chi connectivity index (χ1n) is 14.3. The molecule has 3 N–H and O–H groups in total. The Bertz CT molecular complexity index is 1780. The van der Waals surface area contributed by atoms with E-state index < -0.39 is 5.92 Å². The molecule has 5 aromatic rings. The number of nitrogens with one attached hydrogen (secondary N) is 1. The second-order valence-corrected chi connectivity index (χ2v) is 10.9. The van der Waals surface area contributed by atoms with Crippen LogP contribution in [0.3, 0.4) is 0 Å². The molecular weight excluding hydrogens is 594 g/mol. The second-order valence-electron chi connectivity index (χ2n) is 10.5. The van der Waals surface area contributed by atoms with Crippen molar-refractivity contribution < 1.29 is 18.0 Å². The number of furan rings is 1. The lowest BCUT2D eigenvalue weighted by atomic mass is 9.99. The molecule has 0 spiro atoms. The van der Waals surface area contributed by atoms with Gasteiger partial charge in [-0.25, -0.2) is 13.8 Å². The average molecular weight is 627 g/mol. The molecule has 1 aromatic carbocycles. The number of likely N-dealkylation sites (tertiary alicyclic amines) is 1. The van der Waals surface area contributed by atoms with Crippen LogP contribution in [0.5, 0.6) is 0 Å².